The maximum Gasteiger partial charge on any atom is 0.0403 e. The number of nitrogens with one attached hydrogen (secondary N) is 1. The van der Waals surface area contributed by atoms with Crippen LogP contribution in [0.5, 0.6) is 0 Å². The molecule has 0 radical (unpaired) electrons. The van der Waals surface area contributed by atoms with Gasteiger partial charge in [0.05, 0.1) is 0 Å². The molecule has 3 heteroatoms. The van der Waals surface area contributed by atoms with Crippen LogP contribution in [0.1, 0.15) is 25.0 Å². The van der Waals surface area contributed by atoms with Crippen molar-refractivity contribution >= 4 is 11.8 Å². The third-order valence-electron chi connectivity index (χ3n) is 2.96. The molecule has 0 aliphatic carbocycles. The number of pyridine rings is 1. The van der Waals surface area contributed by atoms with Crippen LogP contribution in [0, 0.1) is 0 Å². The second-order valence-corrected chi connectivity index (χ2v) is 5.44. The minimum absolute atomic E-state index is 0.752. The summed E-state index contributed by atoms with van der Waals surface area (Å²) >= 11 is 2.08. The number of aryl methyl sites for hydroxylation is 1. The minimum atomic E-state index is 0.752. The quantitative estimate of drug-likeness (QED) is 0.795. The largest absolute Gasteiger partial charge is 0.312 e. The van der Waals surface area contributed by atoms with E-state index in [1.54, 1.807) is 0 Å². The van der Waals surface area contributed by atoms with E-state index >= 15 is 0 Å². The third kappa shape index (κ3) is 4.14. The molecule has 1 saturated heterocycles. The third-order valence-corrected chi connectivity index (χ3v) is 4.09. The van der Waals surface area contributed by atoms with Crippen LogP contribution in [-0.4, -0.2) is 29.1 Å². The number of aromatic nitrogens is 1. The van der Waals surface area contributed by atoms with Crippen LogP contribution in [0.4, 0.5) is 0 Å². The van der Waals surface area contributed by atoms with E-state index < -0.39 is 0 Å². The van der Waals surface area contributed by atoms with Gasteiger partial charge in [-0.1, -0.05) is 12.5 Å². The van der Waals surface area contributed by atoms with Crippen LogP contribution in [0.15, 0.2) is 24.4 Å². The fraction of sp³-hybridized carbons (Fsp3) is 0.615. The first-order chi connectivity index (χ1) is 7.95. The van der Waals surface area contributed by atoms with Crippen molar-refractivity contribution in [3.63, 3.8) is 0 Å². The number of nitrogens with zero attached hydrogens (tertiary/aromatic N) is 1. The van der Waals surface area contributed by atoms with E-state index in [1.807, 2.05) is 12.3 Å². The fourth-order valence-electron chi connectivity index (χ4n) is 2.05. The standard InChI is InChI=1S/C13H20N2S/c1(5-12-6-3-4-8-14-12)2-7-13-11-16-10-9-15-13/h3-4,6,8,13,15H,1-2,5,7,9-11H2. The topological polar surface area (TPSA) is 24.9 Å². The van der Waals surface area contributed by atoms with Crippen molar-refractivity contribution in [1.82, 2.24) is 10.3 Å². The molecule has 0 bridgehead atoms. The predicted octanol–water partition coefficient (Wildman–Crippen LogP) is 2.50. The monoisotopic (exact) mass is 236 g/mol. The summed E-state index contributed by atoms with van der Waals surface area (Å²) in [5.74, 6) is 2.58. The van der Waals surface area contributed by atoms with Gasteiger partial charge in [0.2, 0.25) is 0 Å². The number of rotatable bonds is 5. The van der Waals surface area contributed by atoms with Crippen LogP contribution in [0.3, 0.4) is 0 Å². The molecule has 0 saturated carbocycles. The van der Waals surface area contributed by atoms with Crippen molar-refractivity contribution in [2.45, 2.75) is 31.7 Å². The highest BCUT2D eigenvalue weighted by molar-refractivity contribution is 7.99. The molecule has 2 rings (SSSR count). The van der Waals surface area contributed by atoms with Gasteiger partial charge >= 0.3 is 0 Å². The summed E-state index contributed by atoms with van der Waals surface area (Å²) in [5, 5.41) is 3.58. The van der Waals surface area contributed by atoms with E-state index in [4.69, 9.17) is 0 Å². The molecule has 1 fully saturated rings. The number of hydrogen-bond donors (Lipinski definition) is 1. The summed E-state index contributed by atoms with van der Waals surface area (Å²) in [4.78, 5) is 4.34. The Labute approximate surface area is 102 Å². The summed E-state index contributed by atoms with van der Waals surface area (Å²) in [6.45, 7) is 1.19. The van der Waals surface area contributed by atoms with E-state index in [9.17, 15) is 0 Å². The SMILES string of the molecule is c1ccc(CCCCC2CSCCN2)nc1. The fourth-order valence-corrected chi connectivity index (χ4v) is 3.05. The molecule has 0 aromatic carbocycles. The van der Waals surface area contributed by atoms with Crippen molar-refractivity contribution in [3.05, 3.63) is 30.1 Å². The molecule has 1 unspecified atom stereocenters. The van der Waals surface area contributed by atoms with Gasteiger partial charge in [0, 0.05) is 36.0 Å². The Bertz CT molecular complexity index is 283. The van der Waals surface area contributed by atoms with E-state index in [1.165, 1.54) is 43.0 Å². The molecule has 1 aromatic rings. The number of thioether (sulfide) groups is 1. The molecule has 2 nitrogen and oxygen atoms in total. The van der Waals surface area contributed by atoms with Gasteiger partial charge in [-0.2, -0.15) is 11.8 Å². The zero-order valence-corrected chi connectivity index (χ0v) is 10.5. The lowest BCUT2D eigenvalue weighted by molar-refractivity contribution is 0.500. The molecule has 1 aliphatic heterocycles. The second-order valence-electron chi connectivity index (χ2n) is 4.29. The Hall–Kier alpha value is -0.540. The molecular weight excluding hydrogens is 216 g/mol. The lowest BCUT2D eigenvalue weighted by Crippen LogP contribution is -2.37. The van der Waals surface area contributed by atoms with E-state index in [0.29, 0.717) is 0 Å². The van der Waals surface area contributed by atoms with Gasteiger partial charge in [0.1, 0.15) is 0 Å². The van der Waals surface area contributed by atoms with E-state index in [-0.39, 0.29) is 0 Å². The lowest BCUT2D eigenvalue weighted by Gasteiger charge is -2.22. The molecular formula is C13H20N2S. The van der Waals surface area contributed by atoms with Gasteiger partial charge in [0.25, 0.3) is 0 Å². The first-order valence-corrected chi connectivity index (χ1v) is 7.31. The van der Waals surface area contributed by atoms with Crippen molar-refractivity contribution in [1.29, 1.82) is 0 Å². The average molecular weight is 236 g/mol. The van der Waals surface area contributed by atoms with Gasteiger partial charge in [0.15, 0.2) is 0 Å². The van der Waals surface area contributed by atoms with Crippen molar-refractivity contribution < 1.29 is 0 Å². The van der Waals surface area contributed by atoms with Gasteiger partial charge in [-0.3, -0.25) is 4.98 Å². The Balaban J connectivity index is 1.58. The molecule has 0 amide bonds. The second kappa shape index (κ2) is 6.92. The summed E-state index contributed by atoms with van der Waals surface area (Å²) in [6, 6.07) is 6.92. The maximum atomic E-state index is 4.34. The molecule has 1 atom stereocenters. The van der Waals surface area contributed by atoms with Gasteiger partial charge in [-0.05, 0) is 31.4 Å². The summed E-state index contributed by atoms with van der Waals surface area (Å²) in [6.07, 6.45) is 6.91. The van der Waals surface area contributed by atoms with E-state index in [0.717, 1.165) is 12.5 Å². The molecule has 1 N–H and O–H groups in total. The first-order valence-electron chi connectivity index (χ1n) is 6.16. The zero-order valence-electron chi connectivity index (χ0n) is 9.69. The van der Waals surface area contributed by atoms with Crippen LogP contribution in [0.2, 0.25) is 0 Å². The number of hydrogen-bond acceptors (Lipinski definition) is 3. The Kier molecular flexibility index (Phi) is 5.16. The zero-order chi connectivity index (χ0) is 11.1. The van der Waals surface area contributed by atoms with Crippen LogP contribution < -0.4 is 5.32 Å². The molecule has 1 aromatic heterocycles. The van der Waals surface area contributed by atoms with Crippen LogP contribution in [-0.2, 0) is 6.42 Å². The minimum Gasteiger partial charge on any atom is -0.312 e. The highest BCUT2D eigenvalue weighted by Gasteiger charge is 2.11. The van der Waals surface area contributed by atoms with Gasteiger partial charge in [-0.15, -0.1) is 0 Å². The van der Waals surface area contributed by atoms with Crippen molar-refractivity contribution in [2.24, 2.45) is 0 Å². The molecule has 1 aliphatic rings. The Morgan fingerprint density at radius 1 is 1.38 bits per heavy atom. The summed E-state index contributed by atoms with van der Waals surface area (Å²) < 4.78 is 0. The lowest BCUT2D eigenvalue weighted by atomic mass is 10.1. The van der Waals surface area contributed by atoms with Gasteiger partial charge in [-0.25, -0.2) is 0 Å². The Morgan fingerprint density at radius 3 is 3.12 bits per heavy atom. The predicted molar refractivity (Wildman–Crippen MR) is 70.9 cm³/mol. The summed E-state index contributed by atoms with van der Waals surface area (Å²) in [5.41, 5.74) is 1.23. The highest BCUT2D eigenvalue weighted by Crippen LogP contribution is 2.13. The van der Waals surface area contributed by atoms with Crippen molar-refractivity contribution in [2.75, 3.05) is 18.1 Å². The Morgan fingerprint density at radius 2 is 2.38 bits per heavy atom. The van der Waals surface area contributed by atoms with E-state index in [2.05, 4.69) is 34.2 Å². The highest BCUT2D eigenvalue weighted by atomic mass is 32.2. The molecule has 0 spiro atoms. The number of unbranched alkanes of at least 4 members (excludes halogenated alkanes) is 1. The van der Waals surface area contributed by atoms with Crippen LogP contribution >= 0.6 is 11.8 Å². The summed E-state index contributed by atoms with van der Waals surface area (Å²) in [7, 11) is 0. The molecule has 88 valence electrons. The maximum absolute atomic E-state index is 4.34. The van der Waals surface area contributed by atoms with Gasteiger partial charge < -0.3 is 5.32 Å². The van der Waals surface area contributed by atoms with Crippen LogP contribution in [0.25, 0.3) is 0 Å². The first kappa shape index (κ1) is 11.9. The average Bonchev–Trinajstić information content (AvgIpc) is 2.37. The smallest absolute Gasteiger partial charge is 0.0403 e. The molecule has 16 heavy (non-hydrogen) atoms. The molecule has 2 heterocycles. The normalized spacial score (nSPS) is 20.9. The van der Waals surface area contributed by atoms with Crippen molar-refractivity contribution in [3.8, 4) is 0 Å².